The SMILES string of the molecule is CCOC(=O)c1cnn2ccc(N3CCCC3c3cc(F)cnc3CCN(CC)NC(=O)OC(C)(C)C)nc12. The number of nitrogens with one attached hydrogen (secondary N) is 1. The molecule has 1 aliphatic rings. The summed E-state index contributed by atoms with van der Waals surface area (Å²) < 4.78 is 26.5. The van der Waals surface area contributed by atoms with Gasteiger partial charge in [0.15, 0.2) is 5.65 Å². The molecule has 1 amide bonds. The third-order valence-corrected chi connectivity index (χ3v) is 6.37. The molecular weight excluding hydrogens is 505 g/mol. The monoisotopic (exact) mass is 541 g/mol. The number of hydrogen-bond acceptors (Lipinski definition) is 9. The minimum absolute atomic E-state index is 0.152. The van der Waals surface area contributed by atoms with Crippen LogP contribution in [0.5, 0.6) is 0 Å². The standard InChI is InChI=1S/C27H36FN7O4/c1-6-33(32-26(37)39-27(3,4)5)13-10-21-19(15-18(28)16-29-21)22-9-8-12-34(22)23-11-14-35-24(31-23)20(17-30-35)25(36)38-7-2/h11,14-17,22H,6-10,12-13H2,1-5H3,(H,32,37). The fourth-order valence-electron chi connectivity index (χ4n) is 4.68. The number of ether oxygens (including phenoxy) is 2. The van der Waals surface area contributed by atoms with Gasteiger partial charge in [-0.3, -0.25) is 10.4 Å². The number of carbonyl (C=O) groups excluding carboxylic acids is 2. The third-order valence-electron chi connectivity index (χ3n) is 6.37. The van der Waals surface area contributed by atoms with E-state index in [4.69, 9.17) is 14.5 Å². The molecule has 3 aromatic heterocycles. The molecule has 4 rings (SSSR count). The predicted octanol–water partition coefficient (Wildman–Crippen LogP) is 4.09. The summed E-state index contributed by atoms with van der Waals surface area (Å²) in [7, 11) is 0. The molecule has 1 atom stereocenters. The normalized spacial score (nSPS) is 15.7. The Labute approximate surface area is 227 Å². The zero-order chi connectivity index (χ0) is 28.2. The Hall–Kier alpha value is -3.80. The Morgan fingerprint density at radius 2 is 2.05 bits per heavy atom. The first kappa shape index (κ1) is 28.2. The van der Waals surface area contributed by atoms with Crippen LogP contribution in [0.2, 0.25) is 0 Å². The zero-order valence-electron chi connectivity index (χ0n) is 23.1. The average molecular weight is 542 g/mol. The highest BCUT2D eigenvalue weighted by atomic mass is 19.1. The van der Waals surface area contributed by atoms with Gasteiger partial charge in [-0.15, -0.1) is 0 Å². The molecule has 4 heterocycles. The van der Waals surface area contributed by atoms with Crippen LogP contribution in [0, 0.1) is 5.82 Å². The number of amides is 1. The Morgan fingerprint density at radius 3 is 2.77 bits per heavy atom. The van der Waals surface area contributed by atoms with E-state index in [1.54, 1.807) is 18.1 Å². The van der Waals surface area contributed by atoms with Gasteiger partial charge in [-0.2, -0.15) is 5.10 Å². The molecule has 0 bridgehead atoms. The third kappa shape index (κ3) is 6.80. The van der Waals surface area contributed by atoms with Crippen LogP contribution in [0.25, 0.3) is 5.65 Å². The van der Waals surface area contributed by atoms with Crippen molar-refractivity contribution in [3.63, 3.8) is 0 Å². The summed E-state index contributed by atoms with van der Waals surface area (Å²) in [5.41, 5.74) is 4.39. The van der Waals surface area contributed by atoms with E-state index < -0.39 is 23.5 Å². The first-order valence-corrected chi connectivity index (χ1v) is 13.3. The first-order chi connectivity index (χ1) is 18.6. The van der Waals surface area contributed by atoms with E-state index in [2.05, 4.69) is 20.4 Å². The van der Waals surface area contributed by atoms with E-state index in [0.717, 1.165) is 24.1 Å². The number of likely N-dealkylation sites (N-methyl/N-ethyl adjacent to an activating group) is 1. The molecule has 3 aromatic rings. The zero-order valence-corrected chi connectivity index (χ0v) is 23.1. The molecule has 11 nitrogen and oxygen atoms in total. The molecule has 0 aromatic carbocycles. The first-order valence-electron chi connectivity index (χ1n) is 13.3. The molecule has 0 aliphatic carbocycles. The summed E-state index contributed by atoms with van der Waals surface area (Å²) in [4.78, 5) is 35.9. The number of anilines is 1. The Kier molecular flexibility index (Phi) is 8.63. The fourth-order valence-corrected chi connectivity index (χ4v) is 4.68. The molecule has 1 saturated heterocycles. The van der Waals surface area contributed by atoms with Gasteiger partial charge in [0.2, 0.25) is 0 Å². The van der Waals surface area contributed by atoms with Gasteiger partial charge in [-0.05, 0) is 58.2 Å². The minimum atomic E-state index is -0.605. The number of aromatic nitrogens is 4. The van der Waals surface area contributed by atoms with Crippen LogP contribution in [-0.4, -0.2) is 68.5 Å². The van der Waals surface area contributed by atoms with Gasteiger partial charge in [0, 0.05) is 37.9 Å². The van der Waals surface area contributed by atoms with Gasteiger partial charge >= 0.3 is 12.1 Å². The van der Waals surface area contributed by atoms with E-state index >= 15 is 0 Å². The van der Waals surface area contributed by atoms with Crippen LogP contribution in [-0.2, 0) is 15.9 Å². The Balaban J connectivity index is 1.56. The van der Waals surface area contributed by atoms with E-state index in [0.29, 0.717) is 43.1 Å². The number of hydrazine groups is 1. The second-order valence-electron chi connectivity index (χ2n) is 10.3. The van der Waals surface area contributed by atoms with Crippen LogP contribution < -0.4 is 10.3 Å². The second-order valence-corrected chi connectivity index (χ2v) is 10.3. The Bertz CT molecular complexity index is 1320. The van der Waals surface area contributed by atoms with Gasteiger partial charge in [-0.1, -0.05) is 6.92 Å². The van der Waals surface area contributed by atoms with Gasteiger partial charge in [0.05, 0.1) is 25.0 Å². The van der Waals surface area contributed by atoms with Crippen molar-refractivity contribution < 1.29 is 23.5 Å². The van der Waals surface area contributed by atoms with Crippen molar-refractivity contribution in [2.45, 2.75) is 65.5 Å². The maximum atomic E-state index is 14.5. The van der Waals surface area contributed by atoms with E-state index in [1.807, 2.05) is 33.8 Å². The average Bonchev–Trinajstić information content (AvgIpc) is 3.53. The summed E-state index contributed by atoms with van der Waals surface area (Å²) in [6, 6.07) is 3.22. The predicted molar refractivity (Wildman–Crippen MR) is 143 cm³/mol. The van der Waals surface area contributed by atoms with Crippen LogP contribution in [0.15, 0.2) is 30.7 Å². The number of pyridine rings is 1. The lowest BCUT2D eigenvalue weighted by Gasteiger charge is -2.28. The lowest BCUT2D eigenvalue weighted by atomic mass is 10.0. The van der Waals surface area contributed by atoms with Crippen molar-refractivity contribution in [1.29, 1.82) is 0 Å². The summed E-state index contributed by atoms with van der Waals surface area (Å²) in [5, 5.41) is 5.96. The van der Waals surface area contributed by atoms with Crippen molar-refractivity contribution in [3.8, 4) is 0 Å². The summed E-state index contributed by atoms with van der Waals surface area (Å²) in [6.07, 6.45) is 6.07. The molecule has 1 fully saturated rings. The largest absolute Gasteiger partial charge is 0.462 e. The highest BCUT2D eigenvalue weighted by Crippen LogP contribution is 2.37. The smallest absolute Gasteiger partial charge is 0.422 e. The molecule has 1 N–H and O–H groups in total. The van der Waals surface area contributed by atoms with Gasteiger partial charge in [0.25, 0.3) is 0 Å². The molecule has 210 valence electrons. The minimum Gasteiger partial charge on any atom is -0.462 e. The molecule has 1 aliphatic heterocycles. The number of fused-ring (bicyclic) bond motifs is 1. The Morgan fingerprint density at radius 1 is 1.26 bits per heavy atom. The lowest BCUT2D eigenvalue weighted by Crippen LogP contribution is -2.45. The second kappa shape index (κ2) is 11.9. The molecule has 12 heteroatoms. The van der Waals surface area contributed by atoms with Crippen molar-refractivity contribution in [1.82, 2.24) is 30.0 Å². The van der Waals surface area contributed by atoms with Gasteiger partial charge in [0.1, 0.15) is 22.8 Å². The molecular formula is C27H36FN7O4. The van der Waals surface area contributed by atoms with Crippen LogP contribution >= 0.6 is 0 Å². The van der Waals surface area contributed by atoms with Gasteiger partial charge < -0.3 is 14.4 Å². The fraction of sp³-hybridized carbons (Fsp3) is 0.519. The van der Waals surface area contributed by atoms with Crippen molar-refractivity contribution >= 4 is 23.5 Å². The number of carbonyl (C=O) groups is 2. The van der Waals surface area contributed by atoms with Gasteiger partial charge in [-0.25, -0.2) is 28.5 Å². The number of nitrogens with zero attached hydrogens (tertiary/aromatic N) is 6. The van der Waals surface area contributed by atoms with Crippen LogP contribution in [0.4, 0.5) is 15.0 Å². The summed E-state index contributed by atoms with van der Waals surface area (Å²) >= 11 is 0. The maximum Gasteiger partial charge on any atom is 0.422 e. The quantitative estimate of drug-likeness (QED) is 0.316. The van der Waals surface area contributed by atoms with E-state index in [1.165, 1.54) is 23.0 Å². The van der Waals surface area contributed by atoms with E-state index in [-0.39, 0.29) is 12.6 Å². The highest BCUT2D eigenvalue weighted by Gasteiger charge is 2.31. The molecule has 0 radical (unpaired) electrons. The number of esters is 1. The topological polar surface area (TPSA) is 114 Å². The number of hydrogen-bond donors (Lipinski definition) is 1. The van der Waals surface area contributed by atoms with E-state index in [9.17, 15) is 14.0 Å². The summed E-state index contributed by atoms with van der Waals surface area (Å²) in [6.45, 7) is 11.1. The van der Waals surface area contributed by atoms with Crippen LogP contribution in [0.1, 0.15) is 75.1 Å². The molecule has 1 unspecified atom stereocenters. The number of halogens is 1. The number of rotatable bonds is 9. The molecule has 0 spiro atoms. The van der Waals surface area contributed by atoms with Crippen LogP contribution in [0.3, 0.4) is 0 Å². The van der Waals surface area contributed by atoms with Crippen molar-refractivity contribution in [3.05, 3.63) is 53.4 Å². The maximum absolute atomic E-state index is 14.5. The molecule has 39 heavy (non-hydrogen) atoms. The summed E-state index contributed by atoms with van der Waals surface area (Å²) in [5.74, 6) is -0.233. The van der Waals surface area contributed by atoms with Crippen molar-refractivity contribution in [2.24, 2.45) is 0 Å². The lowest BCUT2D eigenvalue weighted by molar-refractivity contribution is 0.0338. The van der Waals surface area contributed by atoms with Crippen molar-refractivity contribution in [2.75, 3.05) is 31.1 Å². The highest BCUT2D eigenvalue weighted by molar-refractivity contribution is 5.95. The molecule has 0 saturated carbocycles.